The molecule has 0 fully saturated rings. The number of halogens is 1. The first-order chi connectivity index (χ1) is 13.1. The molecule has 2 heterocycles. The number of hydrogen-bond acceptors (Lipinski definition) is 5. The number of aryl methyl sites for hydroxylation is 1. The van der Waals surface area contributed by atoms with Crippen LogP contribution in [0, 0.1) is 19.7 Å². The topological polar surface area (TPSA) is 98.1 Å². The van der Waals surface area contributed by atoms with Crippen molar-refractivity contribution in [3.63, 3.8) is 0 Å². The fraction of sp³-hybridized carbons (Fsp3) is 0.474. The lowest BCUT2D eigenvalue weighted by Gasteiger charge is -2.19. The predicted molar refractivity (Wildman–Crippen MR) is 101 cm³/mol. The summed E-state index contributed by atoms with van der Waals surface area (Å²) >= 11 is 0. The Morgan fingerprint density at radius 1 is 1.25 bits per heavy atom. The van der Waals surface area contributed by atoms with Gasteiger partial charge in [0, 0.05) is 18.4 Å². The number of carbonyl (C=O) groups excluding carboxylic acids is 2. The molecule has 0 spiro atoms. The third kappa shape index (κ3) is 5.77. The van der Waals surface area contributed by atoms with Crippen LogP contribution >= 0.6 is 0 Å². The smallest absolute Gasteiger partial charge is 0.407 e. The molecule has 2 rings (SSSR count). The molecule has 2 aromatic rings. The summed E-state index contributed by atoms with van der Waals surface area (Å²) < 4.78 is 20.5. The van der Waals surface area contributed by atoms with Gasteiger partial charge in [0.25, 0.3) is 5.91 Å². The molecule has 0 saturated carbocycles. The standard InChI is InChI=1S/C19H26FN5O3/c1-12-16(17(26)23-11-15-14(20)7-6-8-21-15)13(2)25(24-12)10-9-22-18(27)28-19(3,4)5/h6-8H,9-11H2,1-5H3,(H,22,27)(H,23,26). The molecule has 0 aliphatic carbocycles. The molecule has 2 amide bonds. The van der Waals surface area contributed by atoms with E-state index in [-0.39, 0.29) is 18.1 Å². The largest absolute Gasteiger partial charge is 0.444 e. The highest BCUT2D eigenvalue weighted by molar-refractivity contribution is 5.96. The molecule has 0 aliphatic rings. The van der Waals surface area contributed by atoms with E-state index < -0.39 is 17.5 Å². The van der Waals surface area contributed by atoms with E-state index >= 15 is 0 Å². The highest BCUT2D eigenvalue weighted by Gasteiger charge is 2.20. The van der Waals surface area contributed by atoms with Crippen LogP contribution in [0.25, 0.3) is 0 Å². The Balaban J connectivity index is 1.96. The second kappa shape index (κ2) is 8.81. The van der Waals surface area contributed by atoms with Crippen LogP contribution in [0.2, 0.25) is 0 Å². The van der Waals surface area contributed by atoms with Crippen molar-refractivity contribution in [1.29, 1.82) is 0 Å². The maximum atomic E-state index is 13.6. The SMILES string of the molecule is Cc1nn(CCNC(=O)OC(C)(C)C)c(C)c1C(=O)NCc1ncccc1F. The summed E-state index contributed by atoms with van der Waals surface area (Å²) in [5.41, 5.74) is 1.23. The number of alkyl carbamates (subject to hydrolysis) is 1. The molecule has 2 N–H and O–H groups in total. The van der Waals surface area contributed by atoms with Crippen molar-refractivity contribution < 1.29 is 18.7 Å². The number of carbonyl (C=O) groups is 2. The summed E-state index contributed by atoms with van der Waals surface area (Å²) in [5.74, 6) is -0.827. The number of amides is 2. The van der Waals surface area contributed by atoms with Gasteiger partial charge in [0.2, 0.25) is 0 Å². The Kier molecular flexibility index (Phi) is 6.71. The number of pyridine rings is 1. The van der Waals surface area contributed by atoms with Crippen molar-refractivity contribution in [2.45, 2.75) is 53.3 Å². The maximum absolute atomic E-state index is 13.6. The van der Waals surface area contributed by atoms with Gasteiger partial charge >= 0.3 is 6.09 Å². The van der Waals surface area contributed by atoms with E-state index in [4.69, 9.17) is 4.74 Å². The summed E-state index contributed by atoms with van der Waals surface area (Å²) in [6.45, 7) is 9.52. The van der Waals surface area contributed by atoms with E-state index in [0.717, 1.165) is 0 Å². The molecule has 0 saturated heterocycles. The first-order valence-electron chi connectivity index (χ1n) is 8.97. The van der Waals surface area contributed by atoms with E-state index in [0.29, 0.717) is 30.0 Å². The van der Waals surface area contributed by atoms with Crippen molar-refractivity contribution in [2.75, 3.05) is 6.54 Å². The number of rotatable bonds is 6. The summed E-state index contributed by atoms with van der Waals surface area (Å²) in [5, 5.41) is 9.67. The van der Waals surface area contributed by atoms with Crippen LogP contribution in [0.4, 0.5) is 9.18 Å². The van der Waals surface area contributed by atoms with Crippen LogP contribution in [-0.2, 0) is 17.8 Å². The number of nitrogens with one attached hydrogen (secondary N) is 2. The van der Waals surface area contributed by atoms with E-state index in [9.17, 15) is 14.0 Å². The van der Waals surface area contributed by atoms with Crippen molar-refractivity contribution in [3.8, 4) is 0 Å². The molecular formula is C19H26FN5O3. The molecule has 9 heteroatoms. The third-order valence-corrected chi connectivity index (χ3v) is 3.85. The Bertz CT molecular complexity index is 858. The van der Waals surface area contributed by atoms with Gasteiger partial charge in [-0.05, 0) is 46.8 Å². The van der Waals surface area contributed by atoms with E-state index in [1.807, 2.05) is 0 Å². The Morgan fingerprint density at radius 3 is 2.61 bits per heavy atom. The molecule has 0 atom stereocenters. The zero-order valence-electron chi connectivity index (χ0n) is 16.8. The first kappa shape index (κ1) is 21.3. The van der Waals surface area contributed by atoms with Crippen molar-refractivity contribution in [3.05, 3.63) is 46.8 Å². The minimum absolute atomic E-state index is 0.0181. The van der Waals surface area contributed by atoms with Gasteiger partial charge in [0.15, 0.2) is 0 Å². The molecule has 2 aromatic heterocycles. The van der Waals surface area contributed by atoms with Crippen LogP contribution in [0.1, 0.15) is 48.2 Å². The monoisotopic (exact) mass is 391 g/mol. The summed E-state index contributed by atoms with van der Waals surface area (Å²) in [6, 6.07) is 2.78. The lowest BCUT2D eigenvalue weighted by atomic mass is 10.2. The molecular weight excluding hydrogens is 365 g/mol. The fourth-order valence-corrected chi connectivity index (χ4v) is 2.62. The van der Waals surface area contributed by atoms with Gasteiger partial charge in [-0.3, -0.25) is 14.5 Å². The van der Waals surface area contributed by atoms with Crippen LogP contribution in [0.15, 0.2) is 18.3 Å². The van der Waals surface area contributed by atoms with Crippen LogP contribution < -0.4 is 10.6 Å². The van der Waals surface area contributed by atoms with E-state index in [1.54, 1.807) is 39.3 Å². The van der Waals surface area contributed by atoms with Crippen molar-refractivity contribution in [1.82, 2.24) is 25.4 Å². The van der Waals surface area contributed by atoms with Gasteiger partial charge in [-0.15, -0.1) is 0 Å². The minimum atomic E-state index is -0.569. The van der Waals surface area contributed by atoms with Gasteiger partial charge in [-0.1, -0.05) is 0 Å². The molecule has 152 valence electrons. The third-order valence-electron chi connectivity index (χ3n) is 3.85. The molecule has 0 aromatic carbocycles. The molecule has 0 bridgehead atoms. The minimum Gasteiger partial charge on any atom is -0.444 e. The molecule has 0 radical (unpaired) electrons. The zero-order chi connectivity index (χ0) is 20.9. The average Bonchev–Trinajstić information content (AvgIpc) is 2.86. The van der Waals surface area contributed by atoms with Gasteiger partial charge in [0.1, 0.15) is 11.4 Å². The van der Waals surface area contributed by atoms with Gasteiger partial charge in [-0.25, -0.2) is 9.18 Å². The molecule has 0 unspecified atom stereocenters. The van der Waals surface area contributed by atoms with Crippen molar-refractivity contribution >= 4 is 12.0 Å². The van der Waals surface area contributed by atoms with E-state index in [2.05, 4.69) is 20.7 Å². The van der Waals surface area contributed by atoms with Crippen molar-refractivity contribution in [2.24, 2.45) is 0 Å². The van der Waals surface area contributed by atoms with Crippen LogP contribution in [0.5, 0.6) is 0 Å². The van der Waals surface area contributed by atoms with Crippen LogP contribution in [0.3, 0.4) is 0 Å². The number of hydrogen-bond donors (Lipinski definition) is 2. The van der Waals surface area contributed by atoms with Gasteiger partial charge in [-0.2, -0.15) is 5.10 Å². The van der Waals surface area contributed by atoms with Crippen LogP contribution in [-0.4, -0.2) is 38.9 Å². The average molecular weight is 391 g/mol. The quantitative estimate of drug-likeness (QED) is 0.788. The normalized spacial score (nSPS) is 11.2. The van der Waals surface area contributed by atoms with E-state index in [1.165, 1.54) is 18.3 Å². The Hall–Kier alpha value is -2.97. The van der Waals surface area contributed by atoms with Gasteiger partial charge < -0.3 is 15.4 Å². The Labute approximate surface area is 163 Å². The Morgan fingerprint density at radius 2 is 1.96 bits per heavy atom. The number of ether oxygens (including phenoxy) is 1. The highest BCUT2D eigenvalue weighted by Crippen LogP contribution is 2.13. The molecule has 28 heavy (non-hydrogen) atoms. The predicted octanol–water partition coefficient (Wildman–Crippen LogP) is 2.49. The fourth-order valence-electron chi connectivity index (χ4n) is 2.62. The zero-order valence-corrected chi connectivity index (χ0v) is 16.8. The highest BCUT2D eigenvalue weighted by atomic mass is 19.1. The van der Waals surface area contributed by atoms with Gasteiger partial charge in [0.05, 0.1) is 30.0 Å². The second-order valence-corrected chi connectivity index (χ2v) is 7.31. The lowest BCUT2D eigenvalue weighted by Crippen LogP contribution is -2.34. The summed E-state index contributed by atoms with van der Waals surface area (Å²) in [7, 11) is 0. The molecule has 8 nitrogen and oxygen atoms in total. The summed E-state index contributed by atoms with van der Waals surface area (Å²) in [6.07, 6.45) is 0.959. The number of aromatic nitrogens is 3. The second-order valence-electron chi connectivity index (χ2n) is 7.31. The number of nitrogens with zero attached hydrogens (tertiary/aromatic N) is 3. The lowest BCUT2D eigenvalue weighted by molar-refractivity contribution is 0.0525. The molecule has 0 aliphatic heterocycles. The maximum Gasteiger partial charge on any atom is 0.407 e. The first-order valence-corrected chi connectivity index (χ1v) is 8.97. The summed E-state index contributed by atoms with van der Waals surface area (Å²) in [4.78, 5) is 28.1.